The monoisotopic (exact) mass is 506 g/mol. The zero-order valence-electron chi connectivity index (χ0n) is 21.0. The lowest BCUT2D eigenvalue weighted by Crippen LogP contribution is -2.35. The van der Waals surface area contributed by atoms with E-state index in [9.17, 15) is 4.79 Å². The minimum Gasteiger partial charge on any atom is -0.490 e. The van der Waals surface area contributed by atoms with Gasteiger partial charge in [-0.3, -0.25) is 10.2 Å². The van der Waals surface area contributed by atoms with Gasteiger partial charge in [-0.15, -0.1) is 0 Å². The third kappa shape index (κ3) is 5.79. The number of hydrogen-bond donors (Lipinski definition) is 1. The first-order valence-electron chi connectivity index (χ1n) is 12.0. The second kappa shape index (κ2) is 11.4. The van der Waals surface area contributed by atoms with Gasteiger partial charge < -0.3 is 14.2 Å². The second-order valence-corrected chi connectivity index (χ2v) is 9.25. The molecule has 0 unspecified atom stereocenters. The third-order valence-corrected chi connectivity index (χ3v) is 6.56. The van der Waals surface area contributed by atoms with Gasteiger partial charge in [0.05, 0.1) is 12.2 Å². The maximum Gasteiger partial charge on any atom is 0.283 e. The standard InChI is InChI=1S/C27H30N4O4S/c1-5-18-12-17(4)13-20(14-18)34-10-11-35-22-9-8-19(16-23(22)33-7-3)15-21-25(28)31-27(29-26(21)32)36-24(6-2)30-31/h8-9,12-16,28H,5-7,10-11H2,1-4H3. The van der Waals surface area contributed by atoms with E-state index in [2.05, 4.69) is 30.0 Å². The smallest absolute Gasteiger partial charge is 0.283 e. The Hall–Kier alpha value is -3.59. The molecule has 36 heavy (non-hydrogen) atoms. The quantitative estimate of drug-likeness (QED) is 0.340. The lowest BCUT2D eigenvalue weighted by Gasteiger charge is -2.20. The maximum atomic E-state index is 12.6. The van der Waals surface area contributed by atoms with E-state index >= 15 is 0 Å². The fourth-order valence-corrected chi connectivity index (χ4v) is 4.59. The van der Waals surface area contributed by atoms with Crippen LogP contribution in [0.15, 0.2) is 52.1 Å². The molecule has 2 heterocycles. The van der Waals surface area contributed by atoms with Gasteiger partial charge in [0, 0.05) is 0 Å². The van der Waals surface area contributed by atoms with Crippen molar-refractivity contribution in [3.63, 3.8) is 0 Å². The molecule has 4 rings (SSSR count). The van der Waals surface area contributed by atoms with Crippen LogP contribution in [-0.4, -0.2) is 46.8 Å². The van der Waals surface area contributed by atoms with Crippen molar-refractivity contribution >= 4 is 39.8 Å². The molecule has 188 valence electrons. The molecule has 0 radical (unpaired) electrons. The first kappa shape index (κ1) is 25.5. The van der Waals surface area contributed by atoms with E-state index in [0.29, 0.717) is 42.1 Å². The first-order chi connectivity index (χ1) is 17.4. The van der Waals surface area contributed by atoms with Crippen molar-refractivity contribution in [1.82, 2.24) is 5.01 Å². The Morgan fingerprint density at radius 1 is 1.00 bits per heavy atom. The van der Waals surface area contributed by atoms with Gasteiger partial charge >= 0.3 is 0 Å². The van der Waals surface area contributed by atoms with Crippen LogP contribution < -0.4 is 14.2 Å². The van der Waals surface area contributed by atoms with Gasteiger partial charge in [0.25, 0.3) is 5.91 Å². The summed E-state index contributed by atoms with van der Waals surface area (Å²) < 4.78 is 17.6. The number of hydrogen-bond acceptors (Lipinski definition) is 7. The van der Waals surface area contributed by atoms with Crippen LogP contribution in [0.4, 0.5) is 0 Å². The Kier molecular flexibility index (Phi) is 8.10. The normalized spacial score (nSPS) is 16.1. The van der Waals surface area contributed by atoms with Gasteiger partial charge in [-0.1, -0.05) is 26.0 Å². The van der Waals surface area contributed by atoms with E-state index in [1.54, 1.807) is 18.2 Å². The number of carbonyl (C=O) groups is 1. The largest absolute Gasteiger partial charge is 0.490 e. The number of rotatable bonds is 10. The van der Waals surface area contributed by atoms with Crippen molar-refractivity contribution in [2.45, 2.75) is 40.5 Å². The summed E-state index contributed by atoms with van der Waals surface area (Å²) >= 11 is 1.32. The van der Waals surface area contributed by atoms with E-state index in [4.69, 9.17) is 19.6 Å². The predicted molar refractivity (Wildman–Crippen MR) is 144 cm³/mol. The number of carbonyl (C=O) groups excluding carboxylic acids is 1. The predicted octanol–water partition coefficient (Wildman–Crippen LogP) is 5.44. The molecule has 0 fully saturated rings. The number of nitrogens with zero attached hydrogens (tertiary/aromatic N) is 3. The molecule has 2 aromatic rings. The molecular weight excluding hydrogens is 476 g/mol. The number of amides is 1. The van der Waals surface area contributed by atoms with Crippen molar-refractivity contribution in [3.05, 3.63) is 58.7 Å². The van der Waals surface area contributed by atoms with Gasteiger partial charge in [-0.2, -0.15) is 15.1 Å². The molecule has 0 aromatic heterocycles. The summed E-state index contributed by atoms with van der Waals surface area (Å²) in [4.78, 5) is 16.7. The molecule has 0 saturated carbocycles. The minimum absolute atomic E-state index is 0.0127. The summed E-state index contributed by atoms with van der Waals surface area (Å²) in [6, 6.07) is 11.6. The number of hydrazone groups is 1. The molecule has 0 spiro atoms. The van der Waals surface area contributed by atoms with E-state index in [1.807, 2.05) is 32.0 Å². The van der Waals surface area contributed by atoms with Gasteiger partial charge in [-0.05, 0) is 85.5 Å². The van der Waals surface area contributed by atoms with Gasteiger partial charge in [-0.25, -0.2) is 0 Å². The van der Waals surface area contributed by atoms with Crippen LogP contribution in [0, 0.1) is 12.3 Å². The molecule has 2 aliphatic heterocycles. The van der Waals surface area contributed by atoms with E-state index in [0.717, 1.165) is 23.6 Å². The van der Waals surface area contributed by atoms with E-state index in [1.165, 1.54) is 27.9 Å². The number of aryl methyl sites for hydroxylation is 2. The van der Waals surface area contributed by atoms with Crippen LogP contribution in [0.1, 0.15) is 43.9 Å². The van der Waals surface area contributed by atoms with E-state index in [-0.39, 0.29) is 11.4 Å². The average Bonchev–Trinajstić information content (AvgIpc) is 3.28. The topological polar surface area (TPSA) is 96.6 Å². The molecule has 1 amide bonds. The van der Waals surface area contributed by atoms with Crippen LogP contribution in [0.5, 0.6) is 17.2 Å². The Morgan fingerprint density at radius 3 is 2.56 bits per heavy atom. The van der Waals surface area contributed by atoms with E-state index < -0.39 is 5.91 Å². The third-order valence-electron chi connectivity index (χ3n) is 5.51. The Labute approximate surface area is 215 Å². The lowest BCUT2D eigenvalue weighted by molar-refractivity contribution is -0.114. The summed E-state index contributed by atoms with van der Waals surface area (Å²) in [6.45, 7) is 9.24. The van der Waals surface area contributed by atoms with Crippen molar-refractivity contribution in [2.75, 3.05) is 19.8 Å². The summed E-state index contributed by atoms with van der Waals surface area (Å²) in [5.41, 5.74) is 3.28. The zero-order chi connectivity index (χ0) is 25.7. The molecular formula is C27H30N4O4S. The number of fused-ring (bicyclic) bond motifs is 1. The minimum atomic E-state index is -0.455. The molecule has 9 heteroatoms. The van der Waals surface area contributed by atoms with Crippen molar-refractivity contribution < 1.29 is 19.0 Å². The number of ether oxygens (including phenoxy) is 3. The number of amidine groups is 2. The van der Waals surface area contributed by atoms with Crippen molar-refractivity contribution in [3.8, 4) is 17.2 Å². The highest BCUT2D eigenvalue weighted by Gasteiger charge is 2.35. The summed E-state index contributed by atoms with van der Waals surface area (Å²) in [5, 5.41) is 15.5. The Bertz CT molecular complexity index is 1270. The molecule has 0 aliphatic carbocycles. The van der Waals surface area contributed by atoms with Gasteiger partial charge in [0.1, 0.15) is 24.0 Å². The molecule has 0 bridgehead atoms. The molecule has 0 atom stereocenters. The average molecular weight is 507 g/mol. The molecule has 8 nitrogen and oxygen atoms in total. The summed E-state index contributed by atoms with van der Waals surface area (Å²) in [6.07, 6.45) is 3.31. The van der Waals surface area contributed by atoms with Crippen LogP contribution in [0.3, 0.4) is 0 Å². The molecule has 0 saturated heterocycles. The number of benzene rings is 2. The number of nitrogens with one attached hydrogen (secondary N) is 1. The Balaban J connectivity index is 1.45. The van der Waals surface area contributed by atoms with Crippen LogP contribution in [0.25, 0.3) is 6.08 Å². The van der Waals surface area contributed by atoms with Crippen molar-refractivity contribution in [1.29, 1.82) is 5.41 Å². The van der Waals surface area contributed by atoms with Gasteiger partial charge in [0.2, 0.25) is 5.17 Å². The van der Waals surface area contributed by atoms with Crippen LogP contribution in [-0.2, 0) is 11.2 Å². The highest BCUT2D eigenvalue weighted by Crippen LogP contribution is 2.32. The lowest BCUT2D eigenvalue weighted by atomic mass is 10.1. The van der Waals surface area contributed by atoms with Crippen LogP contribution >= 0.6 is 11.8 Å². The highest BCUT2D eigenvalue weighted by molar-refractivity contribution is 8.26. The maximum absolute atomic E-state index is 12.6. The highest BCUT2D eigenvalue weighted by atomic mass is 32.2. The fourth-order valence-electron chi connectivity index (χ4n) is 3.77. The number of thioether (sulfide) groups is 1. The summed E-state index contributed by atoms with van der Waals surface area (Å²) in [7, 11) is 0. The number of aliphatic imine (C=N–C) groups is 1. The SMILES string of the molecule is CCOc1cc(C=C2C(=N)N3N=C(CC)SC3=NC2=O)ccc1OCCOc1cc(C)cc(CC)c1. The summed E-state index contributed by atoms with van der Waals surface area (Å²) in [5.74, 6) is 1.53. The zero-order valence-corrected chi connectivity index (χ0v) is 21.8. The second-order valence-electron chi connectivity index (χ2n) is 8.21. The van der Waals surface area contributed by atoms with Crippen LogP contribution in [0.2, 0.25) is 0 Å². The molecule has 2 aromatic carbocycles. The van der Waals surface area contributed by atoms with Crippen molar-refractivity contribution in [2.24, 2.45) is 10.1 Å². The van der Waals surface area contributed by atoms with Gasteiger partial charge in [0.15, 0.2) is 17.3 Å². The molecule has 2 aliphatic rings. The Morgan fingerprint density at radius 2 is 1.81 bits per heavy atom. The fraction of sp³-hybridized carbons (Fsp3) is 0.333. The first-order valence-corrected chi connectivity index (χ1v) is 12.9. The molecule has 1 N–H and O–H groups in total.